The van der Waals surface area contributed by atoms with Crippen molar-refractivity contribution >= 4 is 50.8 Å². The number of nitrogens with one attached hydrogen (secondary N) is 3. The molecule has 0 radical (unpaired) electrons. The van der Waals surface area contributed by atoms with Gasteiger partial charge < -0.3 is 25.8 Å². The van der Waals surface area contributed by atoms with Crippen molar-refractivity contribution in [2.24, 2.45) is 0 Å². The van der Waals surface area contributed by atoms with Gasteiger partial charge in [-0.05, 0) is 48.4 Å². The molecule has 0 aliphatic carbocycles. The summed E-state index contributed by atoms with van der Waals surface area (Å²) in [6, 6.07) is 13.2. The third-order valence-corrected chi connectivity index (χ3v) is 6.96. The second-order valence-electron chi connectivity index (χ2n) is 8.35. The van der Waals surface area contributed by atoms with Crippen molar-refractivity contribution in [3.63, 3.8) is 0 Å². The molecule has 4 aromatic rings. The van der Waals surface area contributed by atoms with Gasteiger partial charge in [-0.3, -0.25) is 0 Å². The van der Waals surface area contributed by atoms with Crippen LogP contribution in [-0.4, -0.2) is 39.8 Å². The van der Waals surface area contributed by atoms with Crippen LogP contribution in [0, 0.1) is 17.7 Å². The van der Waals surface area contributed by atoms with E-state index >= 15 is 0 Å². The molecule has 2 aromatic carbocycles. The largest absolute Gasteiger partial charge is 0.487 e. The first kappa shape index (κ1) is 24.8. The van der Waals surface area contributed by atoms with E-state index in [1.807, 2.05) is 12.1 Å². The number of rotatable bonds is 6. The third kappa shape index (κ3) is 6.27. The van der Waals surface area contributed by atoms with Crippen LogP contribution in [0.1, 0.15) is 16.9 Å². The molecule has 5 rings (SSSR count). The number of thiophene rings is 1. The molecule has 0 unspecified atom stereocenters. The Morgan fingerprint density at radius 1 is 1.27 bits per heavy atom. The molecule has 1 aliphatic heterocycles. The van der Waals surface area contributed by atoms with Gasteiger partial charge in [-0.15, -0.1) is 11.3 Å². The fourth-order valence-electron chi connectivity index (χ4n) is 3.91. The Morgan fingerprint density at radius 2 is 2.16 bits per heavy atom. The van der Waals surface area contributed by atoms with Crippen molar-refractivity contribution in [2.75, 3.05) is 11.9 Å². The second-order valence-corrected chi connectivity index (χ2v) is 9.81. The van der Waals surface area contributed by atoms with Gasteiger partial charge in [0.1, 0.15) is 24.5 Å². The highest BCUT2D eigenvalue weighted by Crippen LogP contribution is 2.33. The van der Waals surface area contributed by atoms with Crippen molar-refractivity contribution in [3.05, 3.63) is 76.1 Å². The van der Waals surface area contributed by atoms with E-state index in [-0.39, 0.29) is 24.5 Å². The maximum atomic E-state index is 13.4. The summed E-state index contributed by atoms with van der Waals surface area (Å²) in [5, 5.41) is 18.2. The zero-order chi connectivity index (χ0) is 25.8. The summed E-state index contributed by atoms with van der Waals surface area (Å²) in [6.45, 7) is 0.748. The first-order valence-electron chi connectivity index (χ1n) is 11.4. The number of hydrogen-bond donors (Lipinski definition) is 4. The lowest BCUT2D eigenvalue weighted by Crippen LogP contribution is -2.34. The molecule has 3 heterocycles. The maximum Gasteiger partial charge on any atom is 0.404 e. The van der Waals surface area contributed by atoms with Crippen LogP contribution in [0.5, 0.6) is 5.75 Å². The highest BCUT2D eigenvalue weighted by molar-refractivity contribution is 7.20. The average molecular weight is 538 g/mol. The molecule has 37 heavy (non-hydrogen) atoms. The van der Waals surface area contributed by atoms with Crippen LogP contribution in [-0.2, 0) is 6.61 Å². The molecule has 0 bridgehead atoms. The fourth-order valence-corrected chi connectivity index (χ4v) is 5.07. The standard InChI is InChI=1S/C26H21ClFN5O3S/c27-21-10-18(5-7-23(21)36-13-15-2-1-3-16(28)8-15)32-25-24-22(30-14-31-25)11-20(37-24)6-4-17-9-19(12-29-17)33-26(34)35/h1-3,5,7-8,10-11,14,17,19,29,33H,9,12-13H2,(H,34,35)(H,30,31,32)/t17-,19-/m1/s1. The Morgan fingerprint density at radius 3 is 2.97 bits per heavy atom. The van der Waals surface area contributed by atoms with Crippen LogP contribution in [0.2, 0.25) is 5.02 Å². The SMILES string of the molecule is O=C(O)N[C@H]1CN[C@H](C#Cc2cc3ncnc(Nc4ccc(OCc5cccc(F)c5)c(Cl)c4)c3s2)C1. The van der Waals surface area contributed by atoms with Crippen LogP contribution >= 0.6 is 22.9 Å². The molecule has 1 fully saturated rings. The topological polar surface area (TPSA) is 108 Å². The number of carboxylic acid groups (broad SMARTS) is 1. The maximum absolute atomic E-state index is 13.4. The minimum atomic E-state index is -1.03. The molecular weight excluding hydrogens is 517 g/mol. The summed E-state index contributed by atoms with van der Waals surface area (Å²) >= 11 is 7.89. The number of amides is 1. The van der Waals surface area contributed by atoms with E-state index in [1.54, 1.807) is 24.3 Å². The van der Waals surface area contributed by atoms with Crippen molar-refractivity contribution < 1.29 is 19.0 Å². The van der Waals surface area contributed by atoms with Crippen LogP contribution in [0.25, 0.3) is 10.2 Å². The number of ether oxygens (including phenoxy) is 1. The number of carbonyl (C=O) groups is 1. The summed E-state index contributed by atoms with van der Waals surface area (Å²) in [6.07, 6.45) is 1.06. The molecule has 0 spiro atoms. The summed E-state index contributed by atoms with van der Waals surface area (Å²) in [4.78, 5) is 20.4. The first-order valence-corrected chi connectivity index (χ1v) is 12.5. The predicted octanol–water partition coefficient (Wildman–Crippen LogP) is 5.16. The zero-order valence-corrected chi connectivity index (χ0v) is 20.9. The van der Waals surface area contributed by atoms with Crippen LogP contribution in [0.3, 0.4) is 0 Å². The van der Waals surface area contributed by atoms with E-state index in [1.165, 1.54) is 29.8 Å². The third-order valence-electron chi connectivity index (χ3n) is 5.62. The molecule has 188 valence electrons. The molecule has 1 aliphatic rings. The minimum Gasteiger partial charge on any atom is -0.487 e. The Bertz CT molecular complexity index is 1520. The Labute approximate surface area is 220 Å². The summed E-state index contributed by atoms with van der Waals surface area (Å²) in [7, 11) is 0. The molecule has 0 saturated carbocycles. The van der Waals surface area contributed by atoms with Crippen LogP contribution in [0.15, 0.2) is 54.9 Å². The molecule has 1 saturated heterocycles. The lowest BCUT2D eigenvalue weighted by Gasteiger charge is -2.11. The normalized spacial score (nSPS) is 16.7. The number of hydrogen-bond acceptors (Lipinski definition) is 7. The van der Waals surface area contributed by atoms with Gasteiger partial charge in [0.25, 0.3) is 0 Å². The van der Waals surface area contributed by atoms with Gasteiger partial charge in [-0.25, -0.2) is 19.2 Å². The fraction of sp³-hybridized carbons (Fsp3) is 0.192. The quantitative estimate of drug-likeness (QED) is 0.252. The monoisotopic (exact) mass is 537 g/mol. The smallest absolute Gasteiger partial charge is 0.404 e. The Kier molecular flexibility index (Phi) is 7.37. The zero-order valence-electron chi connectivity index (χ0n) is 19.3. The van der Waals surface area contributed by atoms with Gasteiger partial charge in [-0.2, -0.15) is 0 Å². The highest BCUT2D eigenvalue weighted by Gasteiger charge is 2.23. The minimum absolute atomic E-state index is 0.0884. The van der Waals surface area contributed by atoms with Crippen molar-refractivity contribution in [1.29, 1.82) is 0 Å². The van der Waals surface area contributed by atoms with E-state index < -0.39 is 6.09 Å². The van der Waals surface area contributed by atoms with Gasteiger partial charge in [0.2, 0.25) is 0 Å². The molecule has 2 atom stereocenters. The number of anilines is 2. The predicted molar refractivity (Wildman–Crippen MR) is 141 cm³/mol. The number of nitrogens with zero attached hydrogens (tertiary/aromatic N) is 2. The van der Waals surface area contributed by atoms with Crippen LogP contribution in [0.4, 0.5) is 20.7 Å². The van der Waals surface area contributed by atoms with E-state index in [2.05, 4.69) is 37.8 Å². The van der Waals surface area contributed by atoms with E-state index in [9.17, 15) is 9.18 Å². The van der Waals surface area contributed by atoms with E-state index in [0.29, 0.717) is 35.1 Å². The molecule has 1 amide bonds. The molecular formula is C26H21ClFN5O3S. The number of halogens is 2. The summed E-state index contributed by atoms with van der Waals surface area (Å²) in [5.41, 5.74) is 2.19. The molecule has 11 heteroatoms. The lowest BCUT2D eigenvalue weighted by molar-refractivity contribution is 0.190. The van der Waals surface area contributed by atoms with Gasteiger partial charge in [-0.1, -0.05) is 35.6 Å². The Balaban J connectivity index is 1.27. The van der Waals surface area contributed by atoms with Crippen molar-refractivity contribution in [2.45, 2.75) is 25.1 Å². The summed E-state index contributed by atoms with van der Waals surface area (Å²) in [5.74, 6) is 7.12. The number of aromatic nitrogens is 2. The average Bonchev–Trinajstić information content (AvgIpc) is 3.49. The highest BCUT2D eigenvalue weighted by atomic mass is 35.5. The first-order chi connectivity index (χ1) is 17.9. The molecule has 4 N–H and O–H groups in total. The lowest BCUT2D eigenvalue weighted by atomic mass is 10.2. The van der Waals surface area contributed by atoms with Crippen molar-refractivity contribution in [1.82, 2.24) is 20.6 Å². The number of fused-ring (bicyclic) bond motifs is 1. The Hall–Kier alpha value is -3.91. The summed E-state index contributed by atoms with van der Waals surface area (Å²) < 4.78 is 20.0. The van der Waals surface area contributed by atoms with Crippen LogP contribution < -0.4 is 20.7 Å². The number of benzene rings is 2. The van der Waals surface area contributed by atoms with E-state index in [4.69, 9.17) is 21.4 Å². The van der Waals surface area contributed by atoms with Gasteiger partial charge in [0, 0.05) is 18.3 Å². The van der Waals surface area contributed by atoms with Crippen molar-refractivity contribution in [3.8, 4) is 17.6 Å². The molecule has 8 nitrogen and oxygen atoms in total. The van der Waals surface area contributed by atoms with Gasteiger partial charge in [0.05, 0.1) is 26.2 Å². The second kappa shape index (κ2) is 11.0. The van der Waals surface area contributed by atoms with Gasteiger partial charge in [0.15, 0.2) is 5.82 Å². The van der Waals surface area contributed by atoms with E-state index in [0.717, 1.165) is 20.8 Å². The molecule has 2 aromatic heterocycles. The van der Waals surface area contributed by atoms with Gasteiger partial charge >= 0.3 is 6.09 Å².